The third-order valence-electron chi connectivity index (χ3n) is 4.84. The summed E-state index contributed by atoms with van der Waals surface area (Å²) in [7, 11) is 3.15. The Morgan fingerprint density at radius 2 is 1.84 bits per heavy atom. The monoisotopic (exact) mass is 457 g/mol. The van der Waals surface area contributed by atoms with Crippen LogP contribution in [0.1, 0.15) is 30.3 Å². The fourth-order valence-electron chi connectivity index (χ4n) is 3.40. The maximum atomic E-state index is 13.1. The fraction of sp³-hybridized carbons (Fsp3) is 0.450. The normalized spacial score (nSPS) is 15.7. The van der Waals surface area contributed by atoms with Crippen LogP contribution in [0, 0.1) is 0 Å². The Morgan fingerprint density at radius 3 is 2.47 bits per heavy atom. The summed E-state index contributed by atoms with van der Waals surface area (Å²) < 4.78 is 48.4. The van der Waals surface area contributed by atoms with Gasteiger partial charge in [-0.3, -0.25) is 9.36 Å². The van der Waals surface area contributed by atoms with Gasteiger partial charge < -0.3 is 14.6 Å². The molecular weight excluding hydrogens is 433 g/mol. The first kappa shape index (κ1) is 23.5. The van der Waals surface area contributed by atoms with Crippen molar-refractivity contribution in [3.8, 4) is 17.5 Å². The number of carbonyl (C=O) groups is 2. The molecule has 1 N–H and O–H groups in total. The average molecular weight is 457 g/mol. The molecule has 1 aliphatic heterocycles. The molecule has 174 valence electrons. The lowest BCUT2D eigenvalue weighted by atomic mass is 10.2. The number of benzene rings is 1. The number of quaternary nitrogens is 1. The molecular formula is C20H24F3N4O5+. The largest absolute Gasteiger partial charge is 0.573 e. The molecule has 32 heavy (non-hydrogen) atoms. The number of carbonyl (C=O) groups excluding carboxylic acids is 2. The molecule has 0 fully saturated rings. The lowest BCUT2D eigenvalue weighted by molar-refractivity contribution is -0.274. The van der Waals surface area contributed by atoms with Crippen molar-refractivity contribution in [2.24, 2.45) is 0 Å². The van der Waals surface area contributed by atoms with Crippen LogP contribution >= 0.6 is 0 Å². The van der Waals surface area contributed by atoms with E-state index in [4.69, 9.17) is 9.84 Å². The summed E-state index contributed by atoms with van der Waals surface area (Å²) in [4.78, 5) is 31.5. The summed E-state index contributed by atoms with van der Waals surface area (Å²) >= 11 is 0. The van der Waals surface area contributed by atoms with Crippen LogP contribution in [0.15, 0.2) is 24.3 Å². The summed E-state index contributed by atoms with van der Waals surface area (Å²) in [5, 5.41) is 9.12. The first-order valence-electron chi connectivity index (χ1n) is 9.95. The van der Waals surface area contributed by atoms with Gasteiger partial charge in [0.15, 0.2) is 5.69 Å². The quantitative estimate of drug-likeness (QED) is 0.610. The van der Waals surface area contributed by atoms with Gasteiger partial charge in [-0.05, 0) is 25.0 Å². The van der Waals surface area contributed by atoms with Crippen molar-refractivity contribution in [2.45, 2.75) is 32.7 Å². The van der Waals surface area contributed by atoms with E-state index in [0.717, 1.165) is 17.0 Å². The number of rotatable bonds is 8. The van der Waals surface area contributed by atoms with Crippen LogP contribution in [0.5, 0.6) is 17.5 Å². The number of alkyl halides is 3. The lowest BCUT2D eigenvalue weighted by Crippen LogP contribution is -2.60. The van der Waals surface area contributed by atoms with Crippen molar-refractivity contribution >= 4 is 17.8 Å². The van der Waals surface area contributed by atoms with Crippen molar-refractivity contribution in [2.75, 3.05) is 27.2 Å². The van der Waals surface area contributed by atoms with Gasteiger partial charge in [-0.15, -0.1) is 18.2 Å². The molecule has 0 radical (unpaired) electrons. The first-order chi connectivity index (χ1) is 15.0. The smallest absolute Gasteiger partial charge is 0.425 e. The number of aliphatic hydroxyl groups excluding tert-OH is 1. The molecule has 0 bridgehead atoms. The molecule has 3 amide bonds. The first-order valence-corrected chi connectivity index (χ1v) is 9.95. The Balaban J connectivity index is 2.04. The maximum Gasteiger partial charge on any atom is 0.573 e. The minimum atomic E-state index is -4.86. The number of fused-ring (bicyclic) bond motifs is 1. The summed E-state index contributed by atoms with van der Waals surface area (Å²) in [5.41, 5.74) is 0.159. The highest BCUT2D eigenvalue weighted by molar-refractivity contribution is 6.13. The Morgan fingerprint density at radius 1 is 1.16 bits per heavy atom. The van der Waals surface area contributed by atoms with E-state index in [2.05, 4.69) is 9.72 Å². The number of urea groups is 1. The molecule has 12 heteroatoms. The zero-order chi connectivity index (χ0) is 23.7. The highest BCUT2D eigenvalue weighted by Crippen LogP contribution is 2.37. The minimum absolute atomic E-state index is 0.0210. The number of aromatic nitrogens is 2. The van der Waals surface area contributed by atoms with Gasteiger partial charge in [0.05, 0.1) is 14.1 Å². The lowest BCUT2D eigenvalue weighted by Gasteiger charge is -2.34. The van der Waals surface area contributed by atoms with Crippen LogP contribution in [0.25, 0.3) is 0 Å². The molecule has 3 rings (SSSR count). The van der Waals surface area contributed by atoms with Crippen molar-refractivity contribution in [1.29, 1.82) is 0 Å². The summed E-state index contributed by atoms with van der Waals surface area (Å²) in [5.74, 6) is -0.842. The molecule has 9 nitrogen and oxygen atoms in total. The van der Waals surface area contributed by atoms with Crippen LogP contribution in [-0.4, -0.2) is 65.1 Å². The molecule has 0 aliphatic carbocycles. The number of hydrogen-bond donors (Lipinski definition) is 1. The van der Waals surface area contributed by atoms with E-state index in [1.54, 1.807) is 14.1 Å². The van der Waals surface area contributed by atoms with Crippen molar-refractivity contribution in [3.63, 3.8) is 0 Å². The molecule has 0 saturated carbocycles. The summed E-state index contributed by atoms with van der Waals surface area (Å²) in [6, 6.07) is 4.40. The van der Waals surface area contributed by atoms with Gasteiger partial charge in [-0.25, -0.2) is 9.69 Å². The van der Waals surface area contributed by atoms with Crippen LogP contribution in [0.2, 0.25) is 0 Å². The fourth-order valence-corrected chi connectivity index (χ4v) is 3.40. The van der Waals surface area contributed by atoms with Crippen LogP contribution < -0.4 is 14.0 Å². The van der Waals surface area contributed by atoms with Gasteiger partial charge in [-0.1, -0.05) is 13.0 Å². The Kier molecular flexibility index (Phi) is 6.46. The summed E-state index contributed by atoms with van der Waals surface area (Å²) in [6.45, 7) is 2.05. The minimum Gasteiger partial charge on any atom is -0.425 e. The third kappa shape index (κ3) is 4.55. The van der Waals surface area contributed by atoms with Gasteiger partial charge in [0.1, 0.15) is 11.5 Å². The molecule has 1 aliphatic rings. The van der Waals surface area contributed by atoms with E-state index in [-0.39, 0.29) is 47.3 Å². The molecule has 1 aromatic heterocycles. The second-order valence-electron chi connectivity index (χ2n) is 7.61. The number of imidazole rings is 1. The number of imide groups is 1. The molecule has 0 atom stereocenters. The van der Waals surface area contributed by atoms with E-state index < -0.39 is 24.1 Å². The SMILES string of the molecule is CCCn1c(Oc2cccc(OC(F)(F)F)c2)nc2c1C(=O)N(CCCO)C(=O)[N+]2(C)C. The number of nitrogens with zero attached hydrogens (tertiary/aromatic N) is 4. The van der Waals surface area contributed by atoms with E-state index in [1.165, 1.54) is 16.7 Å². The molecule has 2 aromatic rings. The Hall–Kier alpha value is -3.12. The van der Waals surface area contributed by atoms with Gasteiger partial charge in [0.25, 0.3) is 11.7 Å². The van der Waals surface area contributed by atoms with E-state index in [1.807, 2.05) is 6.92 Å². The topological polar surface area (TPSA) is 93.9 Å². The average Bonchev–Trinajstić information content (AvgIpc) is 3.05. The number of amides is 3. The highest BCUT2D eigenvalue weighted by atomic mass is 19.4. The standard InChI is InChI=1S/C20H24F3N4O5/c1-4-9-25-15-16(27(2,3)19(30)26(17(15)29)10-6-11-28)24-18(25)31-13-7-5-8-14(12-13)32-20(21,22)23/h5,7-8,12,28H,4,6,9-11H2,1-3H3/q+1. The van der Waals surface area contributed by atoms with Gasteiger partial charge in [0, 0.05) is 25.8 Å². The van der Waals surface area contributed by atoms with Crippen molar-refractivity contribution < 1.29 is 37.3 Å². The number of ether oxygens (including phenoxy) is 2. The third-order valence-corrected chi connectivity index (χ3v) is 4.84. The second-order valence-corrected chi connectivity index (χ2v) is 7.61. The molecule has 0 unspecified atom stereocenters. The summed E-state index contributed by atoms with van der Waals surface area (Å²) in [6.07, 6.45) is -4.03. The van der Waals surface area contributed by atoms with Crippen molar-refractivity contribution in [1.82, 2.24) is 18.9 Å². The predicted molar refractivity (Wildman–Crippen MR) is 107 cm³/mol. The van der Waals surface area contributed by atoms with Crippen LogP contribution in [0.3, 0.4) is 0 Å². The van der Waals surface area contributed by atoms with E-state index in [0.29, 0.717) is 13.0 Å². The van der Waals surface area contributed by atoms with Gasteiger partial charge in [-0.2, -0.15) is 4.48 Å². The zero-order valence-electron chi connectivity index (χ0n) is 17.8. The number of aliphatic hydroxyl groups is 1. The Bertz CT molecular complexity index is 1020. The maximum absolute atomic E-state index is 13.1. The molecule has 2 heterocycles. The Labute approximate surface area is 182 Å². The zero-order valence-corrected chi connectivity index (χ0v) is 17.8. The van der Waals surface area contributed by atoms with Gasteiger partial charge in [0.2, 0.25) is 0 Å². The van der Waals surface area contributed by atoms with Crippen LogP contribution in [-0.2, 0) is 6.54 Å². The highest BCUT2D eigenvalue weighted by Gasteiger charge is 2.50. The van der Waals surface area contributed by atoms with Crippen molar-refractivity contribution in [3.05, 3.63) is 30.0 Å². The van der Waals surface area contributed by atoms with Gasteiger partial charge >= 0.3 is 18.4 Å². The van der Waals surface area contributed by atoms with E-state index >= 15 is 0 Å². The van der Waals surface area contributed by atoms with E-state index in [9.17, 15) is 22.8 Å². The number of halogens is 3. The molecule has 1 aromatic carbocycles. The second kappa shape index (κ2) is 8.79. The molecule has 0 spiro atoms. The predicted octanol–water partition coefficient (Wildman–Crippen LogP) is 3.51. The van der Waals surface area contributed by atoms with Crippen LogP contribution in [0.4, 0.5) is 23.8 Å². The molecule has 0 saturated heterocycles. The number of hydrogen-bond acceptors (Lipinski definition) is 6.